The fourth-order valence-corrected chi connectivity index (χ4v) is 3.29. The van der Waals surface area contributed by atoms with Crippen molar-refractivity contribution < 1.29 is 13.2 Å². The fourth-order valence-electron chi connectivity index (χ4n) is 2.78. The number of fused-ring (bicyclic) bond motifs is 1. The van der Waals surface area contributed by atoms with E-state index in [0.29, 0.717) is 33.0 Å². The predicted octanol–water partition coefficient (Wildman–Crippen LogP) is 5.39. The predicted molar refractivity (Wildman–Crippen MR) is 103 cm³/mol. The monoisotopic (exact) mass is 439 g/mol. The minimum atomic E-state index is -2.88. The second kappa shape index (κ2) is 7.67. The summed E-state index contributed by atoms with van der Waals surface area (Å²) in [5, 5.41) is 6.68. The van der Waals surface area contributed by atoms with Crippen LogP contribution in [0.2, 0.25) is 0 Å². The summed E-state index contributed by atoms with van der Waals surface area (Å²) >= 11 is 3.43. The molecule has 0 saturated carbocycles. The number of nitrogens with one attached hydrogen (secondary N) is 2. The summed E-state index contributed by atoms with van der Waals surface area (Å²) in [5.41, 5.74) is -0.0180. The molecule has 2 heterocycles. The number of halogens is 4. The van der Waals surface area contributed by atoms with Gasteiger partial charge in [0, 0.05) is 12.6 Å². The van der Waals surface area contributed by atoms with Crippen LogP contribution in [0.5, 0.6) is 0 Å². The number of hydrogen-bond donors (Lipinski definition) is 2. The van der Waals surface area contributed by atoms with Crippen LogP contribution in [0.15, 0.2) is 28.7 Å². The first-order valence-corrected chi connectivity index (χ1v) is 8.96. The van der Waals surface area contributed by atoms with Crippen LogP contribution in [0.4, 0.5) is 24.8 Å². The van der Waals surface area contributed by atoms with Gasteiger partial charge in [-0.3, -0.25) is 0 Å². The van der Waals surface area contributed by atoms with Crippen molar-refractivity contribution in [2.45, 2.75) is 26.3 Å². The van der Waals surface area contributed by atoms with E-state index in [0.717, 1.165) is 6.07 Å². The van der Waals surface area contributed by atoms with Crippen LogP contribution in [-0.4, -0.2) is 22.0 Å². The third-order valence-electron chi connectivity index (χ3n) is 4.10. The molecule has 0 fully saturated rings. The minimum Gasteiger partial charge on any atom is -0.372 e. The highest BCUT2D eigenvalue weighted by molar-refractivity contribution is 9.10. The molecule has 9 heteroatoms. The molecule has 1 atom stereocenters. The summed E-state index contributed by atoms with van der Waals surface area (Å²) in [5.74, 6) is 0.633. The molecule has 5 nitrogen and oxygen atoms in total. The Labute approximate surface area is 162 Å². The molecule has 0 spiro atoms. The summed E-state index contributed by atoms with van der Waals surface area (Å²) in [4.78, 5) is 13.1. The molecule has 0 radical (unpaired) electrons. The van der Waals surface area contributed by atoms with E-state index in [4.69, 9.17) is 0 Å². The van der Waals surface area contributed by atoms with Crippen LogP contribution >= 0.6 is 15.9 Å². The Morgan fingerprint density at radius 1 is 1.07 bits per heavy atom. The van der Waals surface area contributed by atoms with Crippen molar-refractivity contribution in [1.82, 2.24) is 15.0 Å². The average Bonchev–Trinajstić information content (AvgIpc) is 2.61. The Morgan fingerprint density at radius 2 is 1.78 bits per heavy atom. The van der Waals surface area contributed by atoms with Gasteiger partial charge in [-0.25, -0.2) is 28.1 Å². The summed E-state index contributed by atoms with van der Waals surface area (Å²) in [6.45, 7) is 3.40. The number of aryl methyl sites for hydroxylation is 1. The van der Waals surface area contributed by atoms with Gasteiger partial charge in [-0.05, 0) is 35.8 Å². The number of benzene rings is 1. The normalized spacial score (nSPS) is 12.4. The molecule has 0 aliphatic carbocycles. The van der Waals surface area contributed by atoms with Gasteiger partial charge in [-0.15, -0.1) is 0 Å². The summed E-state index contributed by atoms with van der Waals surface area (Å²) in [6.07, 6.45) is -2.88. The number of rotatable bonds is 5. The van der Waals surface area contributed by atoms with Crippen LogP contribution in [-0.2, 0) is 0 Å². The van der Waals surface area contributed by atoms with E-state index in [9.17, 15) is 13.2 Å². The number of hydrogen-bond acceptors (Lipinski definition) is 5. The molecule has 3 rings (SSSR count). The molecule has 1 aromatic carbocycles. The third-order valence-corrected chi connectivity index (χ3v) is 4.71. The lowest BCUT2D eigenvalue weighted by Crippen LogP contribution is -2.12. The first-order valence-electron chi connectivity index (χ1n) is 8.17. The Bertz CT molecular complexity index is 996. The molecule has 2 N–H and O–H groups in total. The Balaban J connectivity index is 2.04. The lowest BCUT2D eigenvalue weighted by atomic mass is 10.0. The van der Waals surface area contributed by atoms with Gasteiger partial charge in [0.2, 0.25) is 0 Å². The standard InChI is InChI=1S/C18H17BrF3N5/c1-8(10-5-4-6-11(14(10)20)15(21)22)24-16-12-7-13(19)18(23-3)27-17(12)26-9(2)25-16/h4-8,15H,1-3H3,(H2,23,24,25,26,27)/t8-/m1/s1. The van der Waals surface area contributed by atoms with E-state index >= 15 is 0 Å². The molecule has 0 unspecified atom stereocenters. The van der Waals surface area contributed by atoms with Gasteiger partial charge in [-0.2, -0.15) is 0 Å². The van der Waals surface area contributed by atoms with Crippen LogP contribution in [0, 0.1) is 12.7 Å². The van der Waals surface area contributed by atoms with E-state index in [1.807, 2.05) is 0 Å². The molecule has 0 bridgehead atoms. The van der Waals surface area contributed by atoms with Crippen molar-refractivity contribution >= 4 is 38.6 Å². The van der Waals surface area contributed by atoms with E-state index in [-0.39, 0.29) is 5.56 Å². The van der Waals surface area contributed by atoms with Crippen LogP contribution in [0.3, 0.4) is 0 Å². The molecule has 0 aliphatic heterocycles. The lowest BCUT2D eigenvalue weighted by Gasteiger charge is -2.19. The van der Waals surface area contributed by atoms with Crippen molar-refractivity contribution in [3.8, 4) is 0 Å². The summed E-state index contributed by atoms with van der Waals surface area (Å²) in [6, 6.07) is 5.18. The van der Waals surface area contributed by atoms with Crippen molar-refractivity contribution in [3.63, 3.8) is 0 Å². The van der Waals surface area contributed by atoms with Gasteiger partial charge >= 0.3 is 0 Å². The highest BCUT2D eigenvalue weighted by Crippen LogP contribution is 2.32. The first-order chi connectivity index (χ1) is 12.8. The number of pyridine rings is 1. The molecule has 0 amide bonds. The van der Waals surface area contributed by atoms with E-state index in [2.05, 4.69) is 41.5 Å². The minimum absolute atomic E-state index is 0.135. The maximum absolute atomic E-state index is 14.5. The molecule has 27 heavy (non-hydrogen) atoms. The number of alkyl halides is 2. The topological polar surface area (TPSA) is 62.7 Å². The van der Waals surface area contributed by atoms with Crippen LogP contribution in [0.1, 0.15) is 36.3 Å². The Morgan fingerprint density at radius 3 is 2.44 bits per heavy atom. The van der Waals surface area contributed by atoms with Crippen molar-refractivity contribution in [2.24, 2.45) is 0 Å². The van der Waals surface area contributed by atoms with E-state index in [1.54, 1.807) is 27.0 Å². The second-order valence-corrected chi connectivity index (χ2v) is 6.83. The molecule has 142 valence electrons. The van der Waals surface area contributed by atoms with Gasteiger partial charge < -0.3 is 10.6 Å². The smallest absolute Gasteiger partial charge is 0.266 e. The summed E-state index contributed by atoms with van der Waals surface area (Å²) in [7, 11) is 1.74. The van der Waals surface area contributed by atoms with Gasteiger partial charge in [0.1, 0.15) is 23.3 Å². The zero-order valence-corrected chi connectivity index (χ0v) is 16.4. The average molecular weight is 440 g/mol. The zero-order valence-electron chi connectivity index (χ0n) is 14.8. The first kappa shape index (κ1) is 19.3. The highest BCUT2D eigenvalue weighted by Gasteiger charge is 2.20. The lowest BCUT2D eigenvalue weighted by molar-refractivity contribution is 0.146. The maximum Gasteiger partial charge on any atom is 0.266 e. The SMILES string of the molecule is CNc1nc2nc(C)nc(N[C@H](C)c3cccc(C(F)F)c3F)c2cc1Br. The van der Waals surface area contributed by atoms with Crippen molar-refractivity contribution in [3.05, 3.63) is 51.5 Å². The molecule has 0 aliphatic rings. The zero-order chi connectivity index (χ0) is 19.7. The molecule has 3 aromatic rings. The van der Waals surface area contributed by atoms with Gasteiger partial charge in [-0.1, -0.05) is 18.2 Å². The van der Waals surface area contributed by atoms with Gasteiger partial charge in [0.05, 0.1) is 21.5 Å². The van der Waals surface area contributed by atoms with Crippen molar-refractivity contribution in [2.75, 3.05) is 17.7 Å². The highest BCUT2D eigenvalue weighted by atomic mass is 79.9. The largest absolute Gasteiger partial charge is 0.372 e. The van der Waals surface area contributed by atoms with Crippen LogP contribution < -0.4 is 10.6 Å². The number of aromatic nitrogens is 3. The third kappa shape index (κ3) is 3.83. The quantitative estimate of drug-likeness (QED) is 0.558. The second-order valence-electron chi connectivity index (χ2n) is 5.98. The maximum atomic E-state index is 14.5. The van der Waals surface area contributed by atoms with Crippen molar-refractivity contribution in [1.29, 1.82) is 0 Å². The van der Waals surface area contributed by atoms with Crippen LogP contribution in [0.25, 0.3) is 11.0 Å². The molecule has 0 saturated heterocycles. The molecule has 2 aromatic heterocycles. The Kier molecular flexibility index (Phi) is 5.50. The fraction of sp³-hybridized carbons (Fsp3) is 0.278. The number of anilines is 2. The summed E-state index contributed by atoms with van der Waals surface area (Å²) < 4.78 is 41.1. The van der Waals surface area contributed by atoms with E-state index < -0.39 is 23.8 Å². The van der Waals surface area contributed by atoms with Gasteiger partial charge in [0.25, 0.3) is 6.43 Å². The van der Waals surface area contributed by atoms with Gasteiger partial charge in [0.15, 0.2) is 5.65 Å². The Hall–Kier alpha value is -2.42. The van der Waals surface area contributed by atoms with E-state index in [1.165, 1.54) is 12.1 Å². The molecular formula is C18H17BrF3N5. The molecular weight excluding hydrogens is 423 g/mol. The number of nitrogens with zero attached hydrogens (tertiary/aromatic N) is 3.